The summed E-state index contributed by atoms with van der Waals surface area (Å²) in [6.07, 6.45) is 6.35. The van der Waals surface area contributed by atoms with E-state index in [1.165, 1.54) is 24.8 Å². The second-order valence-corrected chi connectivity index (χ2v) is 6.90. The minimum Gasteiger partial charge on any atom is -0.508 e. The van der Waals surface area contributed by atoms with E-state index in [9.17, 15) is 5.11 Å². The number of fused-ring (bicyclic) bond motifs is 2. The maximum atomic E-state index is 9.79. The Morgan fingerprint density at radius 2 is 2.10 bits per heavy atom. The smallest absolute Gasteiger partial charge is 0.116 e. The Bertz CT molecular complexity index is 538. The number of nitrogens with zero attached hydrogens (tertiary/aromatic N) is 1. The number of hydrogen-bond acceptors (Lipinski definition) is 2. The molecule has 1 aromatic rings. The summed E-state index contributed by atoms with van der Waals surface area (Å²) >= 11 is 6.38. The number of aromatic hydroxyl groups is 1. The molecule has 2 nitrogen and oxygen atoms in total. The van der Waals surface area contributed by atoms with E-state index in [1.807, 2.05) is 6.07 Å². The van der Waals surface area contributed by atoms with Crippen LogP contribution in [0.15, 0.2) is 24.3 Å². The molecule has 0 aromatic heterocycles. The second kappa shape index (κ2) is 5.42. The van der Waals surface area contributed by atoms with Crippen LogP contribution in [-0.2, 0) is 0 Å². The summed E-state index contributed by atoms with van der Waals surface area (Å²) in [6.45, 7) is 1.05. The number of rotatable bonds is 3. The third-order valence-corrected chi connectivity index (χ3v) is 5.05. The highest BCUT2D eigenvalue weighted by Crippen LogP contribution is 2.49. The van der Waals surface area contributed by atoms with Crippen LogP contribution in [0.25, 0.3) is 5.57 Å². The molecule has 3 rings (SSSR count). The van der Waals surface area contributed by atoms with Crippen molar-refractivity contribution >= 4 is 17.2 Å². The van der Waals surface area contributed by atoms with Crippen molar-refractivity contribution in [2.45, 2.75) is 19.3 Å². The molecule has 1 aromatic carbocycles. The quantitative estimate of drug-likeness (QED) is 0.908. The first-order chi connectivity index (χ1) is 9.54. The lowest BCUT2D eigenvalue weighted by Gasteiger charge is -2.33. The fraction of sp³-hybridized carbons (Fsp3) is 0.529. The molecule has 2 unspecified atom stereocenters. The highest BCUT2D eigenvalue weighted by atomic mass is 35.5. The minimum absolute atomic E-state index is 0.298. The third-order valence-electron chi connectivity index (χ3n) is 4.72. The molecular weight excluding hydrogens is 270 g/mol. The lowest BCUT2D eigenvalue weighted by atomic mass is 9.76. The van der Waals surface area contributed by atoms with Gasteiger partial charge >= 0.3 is 0 Å². The van der Waals surface area contributed by atoms with Crippen molar-refractivity contribution in [1.29, 1.82) is 0 Å². The minimum atomic E-state index is 0.298. The number of benzene rings is 1. The van der Waals surface area contributed by atoms with Crippen molar-refractivity contribution in [2.75, 3.05) is 20.6 Å². The first-order valence-electron chi connectivity index (χ1n) is 7.40. The standard InChI is InChI=1S/C17H22ClNO/c1-19(2)10-16-12-4-3-11(7-12)8-14(16)15-9-13(20)5-6-17(15)18/h5-6,8-9,11-12,16,20H,3-4,7,10H2,1-2H3/t11?,12?,16-/m0/s1. The summed E-state index contributed by atoms with van der Waals surface area (Å²) in [7, 11) is 4.26. The Morgan fingerprint density at radius 3 is 2.85 bits per heavy atom. The summed E-state index contributed by atoms with van der Waals surface area (Å²) in [5.74, 6) is 2.29. The van der Waals surface area contributed by atoms with Crippen molar-refractivity contribution in [3.8, 4) is 5.75 Å². The molecular formula is C17H22ClNO. The second-order valence-electron chi connectivity index (χ2n) is 6.49. The number of hydrogen-bond donors (Lipinski definition) is 1. The van der Waals surface area contributed by atoms with E-state index < -0.39 is 0 Å². The van der Waals surface area contributed by atoms with Gasteiger partial charge in [0.05, 0.1) is 0 Å². The van der Waals surface area contributed by atoms with Crippen molar-refractivity contribution < 1.29 is 5.11 Å². The zero-order chi connectivity index (χ0) is 14.3. The van der Waals surface area contributed by atoms with Crippen LogP contribution in [0.5, 0.6) is 5.75 Å². The molecule has 1 fully saturated rings. The van der Waals surface area contributed by atoms with Crippen LogP contribution in [-0.4, -0.2) is 30.6 Å². The normalized spacial score (nSPS) is 28.8. The molecule has 0 aliphatic heterocycles. The van der Waals surface area contributed by atoms with Crippen LogP contribution in [0.2, 0.25) is 5.02 Å². The number of phenolic OH excluding ortho intramolecular Hbond substituents is 1. The van der Waals surface area contributed by atoms with Gasteiger partial charge in [-0.15, -0.1) is 0 Å². The van der Waals surface area contributed by atoms with Crippen molar-refractivity contribution in [2.24, 2.45) is 17.8 Å². The van der Waals surface area contributed by atoms with Gasteiger partial charge in [0.15, 0.2) is 0 Å². The van der Waals surface area contributed by atoms with Crippen LogP contribution in [0.3, 0.4) is 0 Å². The largest absolute Gasteiger partial charge is 0.508 e. The van der Waals surface area contributed by atoms with Crippen LogP contribution >= 0.6 is 11.6 Å². The molecule has 0 spiro atoms. The van der Waals surface area contributed by atoms with Crippen molar-refractivity contribution in [3.63, 3.8) is 0 Å². The molecule has 20 heavy (non-hydrogen) atoms. The van der Waals surface area contributed by atoms with Gasteiger partial charge in [0.25, 0.3) is 0 Å². The molecule has 108 valence electrons. The molecule has 0 heterocycles. The van der Waals surface area contributed by atoms with Crippen molar-refractivity contribution in [3.05, 3.63) is 34.9 Å². The maximum Gasteiger partial charge on any atom is 0.116 e. The van der Waals surface area contributed by atoms with Gasteiger partial charge in [-0.3, -0.25) is 0 Å². The van der Waals surface area contributed by atoms with Gasteiger partial charge in [0.1, 0.15) is 5.75 Å². The molecule has 2 aliphatic rings. The zero-order valence-electron chi connectivity index (χ0n) is 12.1. The fourth-order valence-corrected chi connectivity index (χ4v) is 4.09. The Hall–Kier alpha value is -0.990. The summed E-state index contributed by atoms with van der Waals surface area (Å²) < 4.78 is 0. The fourth-order valence-electron chi connectivity index (χ4n) is 3.87. The summed E-state index contributed by atoms with van der Waals surface area (Å²) in [4.78, 5) is 2.26. The first kappa shape index (κ1) is 14.0. The predicted molar refractivity (Wildman–Crippen MR) is 84.0 cm³/mol. The van der Waals surface area contributed by atoms with E-state index >= 15 is 0 Å². The average molecular weight is 292 g/mol. The van der Waals surface area contributed by atoms with E-state index in [0.29, 0.717) is 17.6 Å². The highest BCUT2D eigenvalue weighted by molar-refractivity contribution is 6.32. The molecule has 0 amide bonds. The first-order valence-corrected chi connectivity index (χ1v) is 7.77. The van der Waals surface area contributed by atoms with Gasteiger partial charge in [-0.2, -0.15) is 0 Å². The SMILES string of the molecule is CN(C)C[C@@H]1C(c2cc(O)ccc2Cl)=CC2CCC1C2. The van der Waals surface area contributed by atoms with Crippen LogP contribution in [0.4, 0.5) is 0 Å². The molecule has 3 heteroatoms. The van der Waals surface area contributed by atoms with E-state index in [0.717, 1.165) is 23.0 Å². The number of halogens is 1. The van der Waals surface area contributed by atoms with Crippen LogP contribution < -0.4 is 0 Å². The van der Waals surface area contributed by atoms with Crippen LogP contribution in [0.1, 0.15) is 24.8 Å². The lowest BCUT2D eigenvalue weighted by Crippen LogP contribution is -2.29. The molecule has 2 bridgehead atoms. The third kappa shape index (κ3) is 2.59. The van der Waals surface area contributed by atoms with E-state index in [1.54, 1.807) is 12.1 Å². The molecule has 3 atom stereocenters. The Kier molecular flexibility index (Phi) is 3.78. The van der Waals surface area contributed by atoms with Gasteiger partial charge < -0.3 is 10.0 Å². The topological polar surface area (TPSA) is 23.5 Å². The van der Waals surface area contributed by atoms with Crippen molar-refractivity contribution in [1.82, 2.24) is 4.90 Å². The molecule has 0 radical (unpaired) electrons. The van der Waals surface area contributed by atoms with Gasteiger partial charge in [-0.05, 0) is 80.4 Å². The maximum absolute atomic E-state index is 9.79. The summed E-state index contributed by atoms with van der Waals surface area (Å²) in [6, 6.07) is 5.28. The molecule has 1 saturated carbocycles. The van der Waals surface area contributed by atoms with Gasteiger partial charge in [0, 0.05) is 11.6 Å². The molecule has 2 aliphatic carbocycles. The number of allylic oxidation sites excluding steroid dienone is 1. The highest BCUT2D eigenvalue weighted by Gasteiger charge is 2.37. The Labute approximate surface area is 126 Å². The van der Waals surface area contributed by atoms with E-state index in [-0.39, 0.29) is 0 Å². The van der Waals surface area contributed by atoms with Crippen LogP contribution in [0, 0.1) is 17.8 Å². The Balaban J connectivity index is 2.02. The number of phenols is 1. The molecule has 0 saturated heterocycles. The monoisotopic (exact) mass is 291 g/mol. The lowest BCUT2D eigenvalue weighted by molar-refractivity contribution is 0.289. The van der Waals surface area contributed by atoms with Gasteiger partial charge in [0.2, 0.25) is 0 Å². The summed E-state index contributed by atoms with van der Waals surface area (Å²) in [5.41, 5.74) is 2.37. The summed E-state index contributed by atoms with van der Waals surface area (Å²) in [5, 5.41) is 10.5. The zero-order valence-corrected chi connectivity index (χ0v) is 12.9. The van der Waals surface area contributed by atoms with Gasteiger partial charge in [-0.1, -0.05) is 17.7 Å². The Morgan fingerprint density at radius 1 is 1.30 bits per heavy atom. The molecule has 1 N–H and O–H groups in total. The van der Waals surface area contributed by atoms with E-state index in [2.05, 4.69) is 25.1 Å². The predicted octanol–water partition coefficient (Wildman–Crippen LogP) is 4.04. The average Bonchev–Trinajstić information content (AvgIpc) is 2.79. The van der Waals surface area contributed by atoms with E-state index in [4.69, 9.17) is 11.6 Å². The van der Waals surface area contributed by atoms with Gasteiger partial charge in [-0.25, -0.2) is 0 Å².